The molecule has 0 atom stereocenters. The Hall–Kier alpha value is -2.09. The first-order chi connectivity index (χ1) is 11.7. The minimum absolute atomic E-state index is 0.0355. The number of carbonyl (C=O) groups is 2. The first-order valence-corrected chi connectivity index (χ1v) is 8.89. The number of halogens is 1. The van der Waals surface area contributed by atoms with E-state index < -0.39 is 11.7 Å². The van der Waals surface area contributed by atoms with Crippen molar-refractivity contribution in [2.75, 3.05) is 19.6 Å². The van der Waals surface area contributed by atoms with Crippen LogP contribution >= 0.6 is 15.9 Å². The minimum Gasteiger partial charge on any atom is -0.444 e. The lowest BCUT2D eigenvalue weighted by atomic mass is 10.2. The lowest BCUT2D eigenvalue weighted by Gasteiger charge is -2.34. The summed E-state index contributed by atoms with van der Waals surface area (Å²) in [7, 11) is 0. The van der Waals surface area contributed by atoms with E-state index in [2.05, 4.69) is 20.9 Å². The van der Waals surface area contributed by atoms with Crippen LogP contribution in [0.4, 0.5) is 4.79 Å². The molecule has 2 aromatic rings. The highest BCUT2D eigenvalue weighted by Crippen LogP contribution is 2.16. The van der Waals surface area contributed by atoms with E-state index in [9.17, 15) is 9.59 Å². The molecule has 0 aliphatic carbocycles. The van der Waals surface area contributed by atoms with Crippen LogP contribution in [0.25, 0.3) is 5.65 Å². The third-order valence-electron chi connectivity index (χ3n) is 3.80. The summed E-state index contributed by atoms with van der Waals surface area (Å²) in [5.41, 5.74) is 1.07. The number of nitrogens with zero attached hydrogens (tertiary/aromatic N) is 4. The molecule has 0 spiro atoms. The Morgan fingerprint density at radius 2 is 2.12 bits per heavy atom. The third-order valence-corrected chi connectivity index (χ3v) is 4.29. The highest BCUT2D eigenvalue weighted by molar-refractivity contribution is 9.10. The zero-order valence-corrected chi connectivity index (χ0v) is 16.1. The summed E-state index contributed by atoms with van der Waals surface area (Å²) in [6.45, 7) is 6.82. The third kappa shape index (κ3) is 4.31. The maximum absolute atomic E-state index is 12.4. The van der Waals surface area contributed by atoms with Crippen molar-refractivity contribution < 1.29 is 14.3 Å². The predicted molar refractivity (Wildman–Crippen MR) is 96.1 cm³/mol. The molecule has 2 aromatic heterocycles. The summed E-state index contributed by atoms with van der Waals surface area (Å²) < 4.78 is 8.20. The molecular formula is C17H21BrN4O3. The molecule has 0 aromatic carbocycles. The van der Waals surface area contributed by atoms with Crippen molar-refractivity contribution in [3.63, 3.8) is 0 Å². The highest BCUT2D eigenvalue weighted by Gasteiger charge is 2.30. The number of amides is 2. The summed E-state index contributed by atoms with van der Waals surface area (Å²) in [6.07, 6.45) is 3.38. The SMILES string of the molecule is CC(C)(C)OC(=O)N1CCN(Cc2cn3ccc(Br)cc3n2)C(=O)C1. The van der Waals surface area contributed by atoms with Crippen molar-refractivity contribution in [1.82, 2.24) is 19.2 Å². The zero-order chi connectivity index (χ0) is 18.2. The van der Waals surface area contributed by atoms with Gasteiger partial charge in [-0.2, -0.15) is 0 Å². The maximum atomic E-state index is 12.4. The first-order valence-electron chi connectivity index (χ1n) is 8.10. The van der Waals surface area contributed by atoms with Crippen LogP contribution in [0.15, 0.2) is 29.0 Å². The summed E-state index contributed by atoms with van der Waals surface area (Å²) in [4.78, 5) is 32.2. The van der Waals surface area contributed by atoms with Crippen LogP contribution in [-0.2, 0) is 16.1 Å². The Kier molecular flexibility index (Phi) is 4.73. The Morgan fingerprint density at radius 1 is 1.36 bits per heavy atom. The molecule has 0 bridgehead atoms. The van der Waals surface area contributed by atoms with Crippen LogP contribution in [0.1, 0.15) is 26.5 Å². The smallest absolute Gasteiger partial charge is 0.410 e. The molecule has 0 radical (unpaired) electrons. The van der Waals surface area contributed by atoms with Crippen LogP contribution < -0.4 is 0 Å². The van der Waals surface area contributed by atoms with E-state index in [4.69, 9.17) is 4.74 Å². The first kappa shape index (κ1) is 17.7. The Morgan fingerprint density at radius 3 is 2.80 bits per heavy atom. The summed E-state index contributed by atoms with van der Waals surface area (Å²) in [5, 5.41) is 0. The number of piperazine rings is 1. The van der Waals surface area contributed by atoms with Gasteiger partial charge in [0.05, 0.1) is 12.2 Å². The number of carbonyl (C=O) groups excluding carboxylic acids is 2. The molecule has 134 valence electrons. The molecule has 0 unspecified atom stereocenters. The van der Waals surface area contributed by atoms with E-state index in [-0.39, 0.29) is 12.5 Å². The van der Waals surface area contributed by atoms with Crippen molar-refractivity contribution in [2.24, 2.45) is 0 Å². The van der Waals surface area contributed by atoms with Gasteiger partial charge in [-0.1, -0.05) is 15.9 Å². The van der Waals surface area contributed by atoms with Gasteiger partial charge >= 0.3 is 6.09 Å². The largest absolute Gasteiger partial charge is 0.444 e. The van der Waals surface area contributed by atoms with E-state index in [1.54, 1.807) is 4.90 Å². The molecule has 0 saturated carbocycles. The fourth-order valence-electron chi connectivity index (χ4n) is 2.64. The molecule has 1 aliphatic heterocycles. The fourth-order valence-corrected chi connectivity index (χ4v) is 2.96. The average Bonchev–Trinajstić information content (AvgIpc) is 2.89. The number of ether oxygens (including phenoxy) is 1. The standard InChI is InChI=1S/C17H21BrN4O3/c1-17(2,3)25-16(24)22-7-6-21(15(23)11-22)10-13-9-20-5-4-12(18)8-14(20)19-13/h4-5,8-9H,6-7,10-11H2,1-3H3. The van der Waals surface area contributed by atoms with Gasteiger partial charge in [0.2, 0.25) is 5.91 Å². The van der Waals surface area contributed by atoms with Crippen molar-refractivity contribution >= 4 is 33.6 Å². The Balaban J connectivity index is 1.63. The van der Waals surface area contributed by atoms with Crippen LogP contribution in [0.2, 0.25) is 0 Å². The Bertz CT molecular complexity index is 812. The van der Waals surface area contributed by atoms with Crippen molar-refractivity contribution in [1.29, 1.82) is 0 Å². The number of hydrogen-bond donors (Lipinski definition) is 0. The van der Waals surface area contributed by atoms with E-state index in [0.29, 0.717) is 19.6 Å². The second-order valence-electron chi connectivity index (χ2n) is 7.06. The lowest BCUT2D eigenvalue weighted by Crippen LogP contribution is -2.52. The van der Waals surface area contributed by atoms with E-state index in [1.807, 2.05) is 49.7 Å². The number of imidazole rings is 1. The Labute approximate surface area is 154 Å². The second-order valence-corrected chi connectivity index (χ2v) is 7.98. The molecule has 1 saturated heterocycles. The fraction of sp³-hybridized carbons (Fsp3) is 0.471. The van der Waals surface area contributed by atoms with Crippen LogP contribution in [0, 0.1) is 0 Å². The van der Waals surface area contributed by atoms with Gasteiger partial charge in [-0.25, -0.2) is 9.78 Å². The second kappa shape index (κ2) is 6.67. The van der Waals surface area contributed by atoms with Gasteiger partial charge in [0, 0.05) is 30.0 Å². The van der Waals surface area contributed by atoms with Gasteiger partial charge in [-0.3, -0.25) is 9.69 Å². The molecule has 8 heteroatoms. The van der Waals surface area contributed by atoms with E-state index >= 15 is 0 Å². The quantitative estimate of drug-likeness (QED) is 0.765. The van der Waals surface area contributed by atoms with E-state index in [0.717, 1.165) is 15.8 Å². The number of pyridine rings is 1. The normalized spacial score (nSPS) is 15.8. The molecule has 2 amide bonds. The highest BCUT2D eigenvalue weighted by atomic mass is 79.9. The zero-order valence-electron chi connectivity index (χ0n) is 14.5. The predicted octanol–water partition coefficient (Wildman–Crippen LogP) is 2.68. The van der Waals surface area contributed by atoms with Gasteiger partial charge in [0.15, 0.2) is 0 Å². The molecule has 3 heterocycles. The number of hydrogen-bond acceptors (Lipinski definition) is 4. The van der Waals surface area contributed by atoms with E-state index in [1.165, 1.54) is 4.90 Å². The molecule has 3 rings (SSSR count). The molecule has 1 fully saturated rings. The number of fused-ring (bicyclic) bond motifs is 1. The van der Waals surface area contributed by atoms with Crippen molar-refractivity contribution in [3.8, 4) is 0 Å². The van der Waals surface area contributed by atoms with Gasteiger partial charge in [0.1, 0.15) is 17.8 Å². The monoisotopic (exact) mass is 408 g/mol. The van der Waals surface area contributed by atoms with Crippen LogP contribution in [0.5, 0.6) is 0 Å². The van der Waals surface area contributed by atoms with Gasteiger partial charge in [-0.05, 0) is 32.9 Å². The number of aromatic nitrogens is 2. The van der Waals surface area contributed by atoms with Crippen molar-refractivity contribution in [3.05, 3.63) is 34.7 Å². The van der Waals surface area contributed by atoms with Gasteiger partial charge in [-0.15, -0.1) is 0 Å². The number of rotatable bonds is 2. The summed E-state index contributed by atoms with van der Waals surface area (Å²) >= 11 is 3.42. The summed E-state index contributed by atoms with van der Waals surface area (Å²) in [5.74, 6) is -0.102. The molecule has 0 N–H and O–H groups in total. The van der Waals surface area contributed by atoms with Gasteiger partial charge in [0.25, 0.3) is 0 Å². The molecule has 7 nitrogen and oxygen atoms in total. The molecular weight excluding hydrogens is 388 g/mol. The molecule has 25 heavy (non-hydrogen) atoms. The average molecular weight is 409 g/mol. The maximum Gasteiger partial charge on any atom is 0.410 e. The summed E-state index contributed by atoms with van der Waals surface area (Å²) in [6, 6.07) is 3.86. The van der Waals surface area contributed by atoms with Crippen LogP contribution in [0.3, 0.4) is 0 Å². The van der Waals surface area contributed by atoms with Crippen LogP contribution in [-0.4, -0.2) is 56.4 Å². The van der Waals surface area contributed by atoms with Gasteiger partial charge < -0.3 is 14.0 Å². The minimum atomic E-state index is -0.567. The molecule has 1 aliphatic rings. The lowest BCUT2D eigenvalue weighted by molar-refractivity contribution is -0.136. The topological polar surface area (TPSA) is 67.2 Å². The van der Waals surface area contributed by atoms with Crippen molar-refractivity contribution in [2.45, 2.75) is 32.9 Å².